The monoisotopic (exact) mass is 324 g/mol. The van der Waals surface area contributed by atoms with Gasteiger partial charge in [-0.25, -0.2) is 0 Å². The van der Waals surface area contributed by atoms with Crippen molar-refractivity contribution in [1.29, 1.82) is 0 Å². The number of benzene rings is 1. The largest absolute Gasteiger partial charge is 0.369 e. The molecule has 5 nitrogen and oxygen atoms in total. The smallest absolute Gasteiger partial charge is 0.277 e. The molecule has 0 aliphatic carbocycles. The number of rotatable bonds is 5. The van der Waals surface area contributed by atoms with Crippen molar-refractivity contribution in [2.45, 2.75) is 19.4 Å². The molecule has 0 spiro atoms. The highest BCUT2D eigenvalue weighted by molar-refractivity contribution is 6.30. The number of nitrogens with one attached hydrogen (secondary N) is 1. The fraction of sp³-hybridized carbons (Fsp3) is 0.500. The highest BCUT2D eigenvalue weighted by Crippen LogP contribution is 2.11. The SMILES string of the molecule is CN(Cc1ccc(Cl)cc1)C(=O)C[NH+]1CCC[C@@H](C(N)=O)C1. The predicted molar refractivity (Wildman–Crippen MR) is 85.4 cm³/mol. The van der Waals surface area contributed by atoms with E-state index in [4.69, 9.17) is 17.3 Å². The lowest BCUT2D eigenvalue weighted by molar-refractivity contribution is -0.899. The van der Waals surface area contributed by atoms with Crippen LogP contribution in [0, 0.1) is 5.92 Å². The summed E-state index contributed by atoms with van der Waals surface area (Å²) in [5.41, 5.74) is 6.42. The van der Waals surface area contributed by atoms with Gasteiger partial charge in [-0.15, -0.1) is 0 Å². The maximum atomic E-state index is 12.3. The van der Waals surface area contributed by atoms with Gasteiger partial charge in [0.2, 0.25) is 5.91 Å². The number of piperidine rings is 1. The number of halogens is 1. The molecule has 3 N–H and O–H groups in total. The first-order chi connectivity index (χ1) is 10.5. The van der Waals surface area contributed by atoms with Crippen LogP contribution in [0.25, 0.3) is 0 Å². The van der Waals surface area contributed by atoms with Gasteiger partial charge in [0.15, 0.2) is 6.54 Å². The number of hydrogen-bond donors (Lipinski definition) is 2. The third-order valence-corrected chi connectivity index (χ3v) is 4.43. The third-order valence-electron chi connectivity index (χ3n) is 4.18. The lowest BCUT2D eigenvalue weighted by atomic mass is 9.97. The number of likely N-dealkylation sites (N-methyl/N-ethyl adjacent to an activating group) is 1. The van der Waals surface area contributed by atoms with Crippen LogP contribution in [0.4, 0.5) is 0 Å². The van der Waals surface area contributed by atoms with E-state index >= 15 is 0 Å². The molecule has 2 amide bonds. The van der Waals surface area contributed by atoms with E-state index in [1.165, 1.54) is 0 Å². The molecule has 1 aromatic rings. The third kappa shape index (κ3) is 4.71. The molecule has 0 saturated carbocycles. The summed E-state index contributed by atoms with van der Waals surface area (Å²) in [6.45, 7) is 2.55. The summed E-state index contributed by atoms with van der Waals surface area (Å²) >= 11 is 5.86. The minimum atomic E-state index is -0.251. The fourth-order valence-electron chi connectivity index (χ4n) is 2.86. The van der Waals surface area contributed by atoms with Crippen molar-refractivity contribution in [2.75, 3.05) is 26.7 Å². The molecule has 0 radical (unpaired) electrons. The Balaban J connectivity index is 1.85. The van der Waals surface area contributed by atoms with Gasteiger partial charge in [0, 0.05) is 18.6 Å². The molecule has 1 aliphatic rings. The molecular formula is C16H23ClN3O2+. The second-order valence-electron chi connectivity index (χ2n) is 6.00. The van der Waals surface area contributed by atoms with Gasteiger partial charge in [-0.1, -0.05) is 23.7 Å². The molecular weight excluding hydrogens is 302 g/mol. The molecule has 6 heteroatoms. The average Bonchev–Trinajstić information content (AvgIpc) is 2.49. The zero-order chi connectivity index (χ0) is 16.1. The number of carbonyl (C=O) groups is 2. The van der Waals surface area contributed by atoms with E-state index in [1.54, 1.807) is 11.9 Å². The van der Waals surface area contributed by atoms with Crippen molar-refractivity contribution in [2.24, 2.45) is 11.7 Å². The van der Waals surface area contributed by atoms with E-state index in [-0.39, 0.29) is 17.7 Å². The van der Waals surface area contributed by atoms with Crippen molar-refractivity contribution in [3.05, 3.63) is 34.9 Å². The van der Waals surface area contributed by atoms with E-state index in [0.29, 0.717) is 24.7 Å². The Morgan fingerprint density at radius 3 is 2.68 bits per heavy atom. The van der Waals surface area contributed by atoms with E-state index in [0.717, 1.165) is 29.8 Å². The van der Waals surface area contributed by atoms with E-state index in [9.17, 15) is 9.59 Å². The predicted octanol–water partition coefficient (Wildman–Crippen LogP) is 0.0786. The molecule has 1 heterocycles. The molecule has 1 aromatic carbocycles. The van der Waals surface area contributed by atoms with Crippen molar-refractivity contribution in [3.63, 3.8) is 0 Å². The minimum absolute atomic E-state index is 0.0788. The van der Waals surface area contributed by atoms with Gasteiger partial charge in [-0.2, -0.15) is 0 Å². The normalized spacial score (nSPS) is 21.4. The van der Waals surface area contributed by atoms with Crippen molar-refractivity contribution in [1.82, 2.24) is 4.90 Å². The van der Waals surface area contributed by atoms with Crippen LogP contribution in [0.3, 0.4) is 0 Å². The number of amides is 2. The molecule has 2 atom stereocenters. The topological polar surface area (TPSA) is 67.8 Å². The number of nitrogens with zero attached hydrogens (tertiary/aromatic N) is 1. The van der Waals surface area contributed by atoms with Gasteiger partial charge in [-0.3, -0.25) is 9.59 Å². The first-order valence-electron chi connectivity index (χ1n) is 7.57. The standard InChI is InChI=1S/C16H22ClN3O2/c1-19(9-12-4-6-14(17)7-5-12)15(21)11-20-8-2-3-13(10-20)16(18)22/h4-7,13H,2-3,8-11H2,1H3,(H2,18,22)/p+1/t13-/m1/s1. The van der Waals surface area contributed by atoms with E-state index < -0.39 is 0 Å². The lowest BCUT2D eigenvalue weighted by Gasteiger charge is -2.29. The Morgan fingerprint density at radius 1 is 1.36 bits per heavy atom. The molecule has 0 bridgehead atoms. The molecule has 0 aromatic heterocycles. The Morgan fingerprint density at radius 2 is 2.05 bits per heavy atom. The summed E-state index contributed by atoms with van der Waals surface area (Å²) < 4.78 is 0. The van der Waals surface area contributed by atoms with Gasteiger partial charge in [0.05, 0.1) is 19.0 Å². The molecule has 120 valence electrons. The van der Waals surface area contributed by atoms with Crippen molar-refractivity contribution < 1.29 is 14.5 Å². The summed E-state index contributed by atoms with van der Waals surface area (Å²) in [5, 5.41) is 0.688. The molecule has 22 heavy (non-hydrogen) atoms. The number of primary amides is 1. The summed E-state index contributed by atoms with van der Waals surface area (Å²) in [7, 11) is 1.80. The van der Waals surface area contributed by atoms with Gasteiger partial charge in [0.25, 0.3) is 5.91 Å². The maximum Gasteiger partial charge on any atom is 0.277 e. The number of nitrogens with two attached hydrogens (primary N) is 1. The lowest BCUT2D eigenvalue weighted by Crippen LogP contribution is -3.14. The number of quaternary nitrogens is 1. The first-order valence-corrected chi connectivity index (χ1v) is 7.95. The molecule has 1 saturated heterocycles. The van der Waals surface area contributed by atoms with Crippen molar-refractivity contribution in [3.8, 4) is 0 Å². The Kier molecular flexibility index (Phi) is 5.80. The zero-order valence-corrected chi connectivity index (χ0v) is 13.6. The summed E-state index contributed by atoms with van der Waals surface area (Å²) in [6, 6.07) is 7.48. The Hall–Kier alpha value is -1.59. The molecule has 1 aliphatic heterocycles. The summed E-state index contributed by atoms with van der Waals surface area (Å²) in [4.78, 5) is 26.5. The quantitative estimate of drug-likeness (QED) is 0.805. The Bertz CT molecular complexity index is 533. The first kappa shape index (κ1) is 16.8. The van der Waals surface area contributed by atoms with Gasteiger partial charge in [-0.05, 0) is 30.5 Å². The number of hydrogen-bond acceptors (Lipinski definition) is 2. The minimum Gasteiger partial charge on any atom is -0.369 e. The van der Waals surface area contributed by atoms with Crippen LogP contribution in [0.5, 0.6) is 0 Å². The molecule has 2 rings (SSSR count). The zero-order valence-electron chi connectivity index (χ0n) is 12.8. The van der Waals surface area contributed by atoms with Crippen LogP contribution in [-0.4, -0.2) is 43.4 Å². The van der Waals surface area contributed by atoms with Gasteiger partial charge >= 0.3 is 0 Å². The second kappa shape index (κ2) is 7.61. The van der Waals surface area contributed by atoms with Crippen LogP contribution in [0.15, 0.2) is 24.3 Å². The van der Waals surface area contributed by atoms with Gasteiger partial charge < -0.3 is 15.5 Å². The van der Waals surface area contributed by atoms with Crippen LogP contribution < -0.4 is 10.6 Å². The second-order valence-corrected chi connectivity index (χ2v) is 6.44. The van der Waals surface area contributed by atoms with E-state index in [2.05, 4.69) is 0 Å². The Labute approximate surface area is 136 Å². The highest BCUT2D eigenvalue weighted by atomic mass is 35.5. The average molecular weight is 325 g/mol. The maximum absolute atomic E-state index is 12.3. The molecule has 1 unspecified atom stereocenters. The van der Waals surface area contributed by atoms with Gasteiger partial charge in [0.1, 0.15) is 0 Å². The molecule has 1 fully saturated rings. The number of carbonyl (C=O) groups excluding carboxylic acids is 2. The van der Waals surface area contributed by atoms with Crippen LogP contribution in [0.1, 0.15) is 18.4 Å². The summed E-state index contributed by atoms with van der Waals surface area (Å²) in [5.74, 6) is -0.271. The van der Waals surface area contributed by atoms with Crippen molar-refractivity contribution >= 4 is 23.4 Å². The number of likely N-dealkylation sites (tertiary alicyclic amines) is 1. The van der Waals surface area contributed by atoms with E-state index in [1.807, 2.05) is 24.3 Å². The highest BCUT2D eigenvalue weighted by Gasteiger charge is 2.29. The summed E-state index contributed by atoms with van der Waals surface area (Å²) in [6.07, 6.45) is 1.78. The van der Waals surface area contributed by atoms with Crippen LogP contribution >= 0.6 is 11.6 Å². The fourth-order valence-corrected chi connectivity index (χ4v) is 2.98. The van der Waals surface area contributed by atoms with Crippen LogP contribution in [-0.2, 0) is 16.1 Å². The van der Waals surface area contributed by atoms with Crippen LogP contribution in [0.2, 0.25) is 5.02 Å².